The Bertz CT molecular complexity index is 1480. The Labute approximate surface area is 356 Å². The van der Waals surface area contributed by atoms with Crippen molar-refractivity contribution in [2.45, 2.75) is 182 Å². The van der Waals surface area contributed by atoms with Crippen molar-refractivity contribution in [3.05, 3.63) is 47.6 Å². The molecule has 0 aromatic rings. The van der Waals surface area contributed by atoms with Gasteiger partial charge < -0.3 is 29.3 Å². The lowest BCUT2D eigenvalue weighted by molar-refractivity contribution is -0.241. The zero-order chi connectivity index (χ0) is 43.7. The van der Waals surface area contributed by atoms with E-state index in [0.717, 1.165) is 44.1 Å². The molecule has 7 unspecified atom stereocenters. The molecule has 3 aliphatic rings. The minimum atomic E-state index is -2.20. The number of hydrogen-bond donors (Lipinski definition) is 2. The molecular weight excluding hydrogens is 747 g/mol. The van der Waals surface area contributed by atoms with Gasteiger partial charge in [-0.05, 0) is 120 Å². The number of carbonyl (C=O) groups is 4. The molecule has 59 heavy (non-hydrogen) atoms. The first-order chi connectivity index (χ1) is 28.0. The number of likely N-dealkylation sites (tertiary alicyclic amines) is 1. The molecule has 1 amide bonds. The molecule has 3 fully saturated rings. The number of aliphatic hydroxyl groups is 2. The molecule has 11 atom stereocenters. The third-order valence-corrected chi connectivity index (χ3v) is 13.3. The summed E-state index contributed by atoms with van der Waals surface area (Å²) in [6.45, 7) is 16.5. The lowest BCUT2D eigenvalue weighted by atomic mass is 9.79. The molecule has 2 N–H and O–H groups in total. The highest BCUT2D eigenvalue weighted by Crippen LogP contribution is 2.35. The number of carbonyl (C=O) groups excluding carboxylic acids is 4. The fraction of sp³-hybridized carbons (Fsp3) is 0.755. The van der Waals surface area contributed by atoms with Crippen LogP contribution in [0.1, 0.15) is 152 Å². The molecule has 1 saturated carbocycles. The van der Waals surface area contributed by atoms with Crippen LogP contribution in [0.25, 0.3) is 0 Å². The maximum Gasteiger partial charge on any atom is 0.329 e. The highest BCUT2D eigenvalue weighted by Gasteiger charge is 2.51. The molecule has 10 heteroatoms. The van der Waals surface area contributed by atoms with Gasteiger partial charge in [-0.15, -0.1) is 0 Å². The van der Waals surface area contributed by atoms with E-state index in [4.69, 9.17) is 14.2 Å². The number of rotatable bonds is 22. The first-order valence-electron chi connectivity index (χ1n) is 22.8. The Balaban J connectivity index is 1.66. The maximum absolute atomic E-state index is 14.1. The van der Waals surface area contributed by atoms with E-state index in [1.165, 1.54) is 10.5 Å². The van der Waals surface area contributed by atoms with Crippen LogP contribution in [0, 0.1) is 35.5 Å². The molecule has 10 nitrogen and oxygen atoms in total. The van der Waals surface area contributed by atoms with Gasteiger partial charge in [0.1, 0.15) is 17.9 Å². The van der Waals surface area contributed by atoms with Crippen molar-refractivity contribution < 1.29 is 43.6 Å². The predicted molar refractivity (Wildman–Crippen MR) is 233 cm³/mol. The molecule has 0 radical (unpaired) electrons. The fourth-order valence-corrected chi connectivity index (χ4v) is 9.03. The van der Waals surface area contributed by atoms with E-state index in [-0.39, 0.29) is 55.1 Å². The number of nitrogens with zero attached hydrogens (tertiary/aromatic N) is 1. The van der Waals surface area contributed by atoms with Crippen molar-refractivity contribution in [1.82, 2.24) is 4.90 Å². The van der Waals surface area contributed by atoms with E-state index in [9.17, 15) is 29.4 Å². The van der Waals surface area contributed by atoms with E-state index in [0.29, 0.717) is 57.3 Å². The Morgan fingerprint density at radius 1 is 0.932 bits per heavy atom. The average molecular weight is 826 g/mol. The first-order valence-corrected chi connectivity index (χ1v) is 22.8. The van der Waals surface area contributed by atoms with Crippen LogP contribution in [0.3, 0.4) is 0 Å². The summed E-state index contributed by atoms with van der Waals surface area (Å²) < 4.78 is 17.6. The molecule has 2 heterocycles. The van der Waals surface area contributed by atoms with Crippen LogP contribution in [0.2, 0.25) is 0 Å². The number of Topliss-reactive ketones (excluding diaryl/α,β-unsaturated/α-hetero) is 2. The van der Waals surface area contributed by atoms with Gasteiger partial charge in [-0.3, -0.25) is 14.4 Å². The lowest BCUT2D eigenvalue weighted by Gasteiger charge is -2.39. The number of aliphatic hydroxyl groups excluding tert-OH is 1. The van der Waals surface area contributed by atoms with Gasteiger partial charge in [0.25, 0.3) is 11.7 Å². The molecule has 0 bridgehead atoms. The SMILES string of the molecule is CC/C(C)=C/C=C/C=C/[C@@H](C)CC(C)C(=O)CC(O)/C(C)=C/[C@@H](C)CC[C@H](OC(=O)C1CCCCN1C(=O)C(=O)C1(O)OCCCC1C)[C@H](C)CC1CCCC(OC)C1. The molecule has 2 aliphatic heterocycles. The second-order valence-electron chi connectivity index (χ2n) is 18.4. The number of ketones is 2. The van der Waals surface area contributed by atoms with Crippen LogP contribution < -0.4 is 0 Å². The molecule has 0 aromatic heterocycles. The Hall–Kier alpha value is -2.92. The summed E-state index contributed by atoms with van der Waals surface area (Å²) in [5.41, 5.74) is 2.07. The molecule has 334 valence electrons. The number of esters is 1. The van der Waals surface area contributed by atoms with E-state index in [1.54, 1.807) is 14.0 Å². The van der Waals surface area contributed by atoms with Gasteiger partial charge in [0.15, 0.2) is 0 Å². The summed E-state index contributed by atoms with van der Waals surface area (Å²) in [4.78, 5) is 55.7. The lowest BCUT2D eigenvalue weighted by Crippen LogP contribution is -2.59. The average Bonchev–Trinajstić information content (AvgIpc) is 3.22. The summed E-state index contributed by atoms with van der Waals surface area (Å²) in [6, 6.07) is -0.923. The summed E-state index contributed by atoms with van der Waals surface area (Å²) in [5, 5.41) is 22.2. The molecule has 0 aromatic carbocycles. The highest BCUT2D eigenvalue weighted by atomic mass is 16.6. The van der Waals surface area contributed by atoms with Crippen molar-refractivity contribution in [3.8, 4) is 0 Å². The predicted octanol–water partition coefficient (Wildman–Crippen LogP) is 9.03. The van der Waals surface area contributed by atoms with Crippen LogP contribution in [0.15, 0.2) is 47.6 Å². The zero-order valence-electron chi connectivity index (χ0n) is 38.0. The minimum absolute atomic E-state index is 0.0310. The number of piperidine rings is 1. The summed E-state index contributed by atoms with van der Waals surface area (Å²) >= 11 is 0. The number of hydrogen-bond acceptors (Lipinski definition) is 9. The second kappa shape index (κ2) is 25.1. The number of allylic oxidation sites excluding steroid dienone is 7. The van der Waals surface area contributed by atoms with Crippen molar-refractivity contribution in [2.24, 2.45) is 35.5 Å². The second-order valence-corrected chi connectivity index (χ2v) is 18.4. The smallest absolute Gasteiger partial charge is 0.329 e. The number of methoxy groups -OCH3 is 1. The fourth-order valence-electron chi connectivity index (χ4n) is 9.03. The molecule has 2 saturated heterocycles. The standard InChI is InChI=1S/C49H79NO9/c1-10-33(2)18-12-11-13-19-34(3)28-36(5)43(51)32-44(52)37(6)29-35(4)24-25-45(38(7)30-40-21-16-22-41(31-40)57-9)59-48(55)42-23-14-15-26-50(42)47(54)46(53)49(56)39(8)20-17-27-58-49/h11-13,18-19,29,34-36,38-42,44-45,52,56H,10,14-17,20-28,30-32H2,1-9H3/b12-11+,19-13+,33-18+,37-29+/t34-,35+,36?,38-,39?,40?,41?,42?,44?,45+,49?/m1/s1. The molecule has 3 rings (SSSR count). The van der Waals surface area contributed by atoms with E-state index in [1.807, 2.05) is 38.2 Å². The summed E-state index contributed by atoms with van der Waals surface area (Å²) in [5.74, 6) is -4.57. The quantitative estimate of drug-likeness (QED) is 0.0474. The van der Waals surface area contributed by atoms with Crippen LogP contribution >= 0.6 is 0 Å². The van der Waals surface area contributed by atoms with Crippen molar-refractivity contribution in [3.63, 3.8) is 0 Å². The summed E-state index contributed by atoms with van der Waals surface area (Å²) in [7, 11) is 1.76. The third kappa shape index (κ3) is 15.8. The van der Waals surface area contributed by atoms with Crippen molar-refractivity contribution in [2.75, 3.05) is 20.3 Å². The normalized spacial score (nSPS) is 27.9. The summed E-state index contributed by atoms with van der Waals surface area (Å²) in [6.07, 6.45) is 22.4. The van der Waals surface area contributed by atoms with Gasteiger partial charge in [0, 0.05) is 31.9 Å². The van der Waals surface area contributed by atoms with Crippen LogP contribution in [-0.2, 0) is 33.4 Å². The molecule has 1 aliphatic carbocycles. The number of amides is 1. The monoisotopic (exact) mass is 826 g/mol. The Kier molecular flexibility index (Phi) is 21.5. The Morgan fingerprint density at radius 3 is 2.37 bits per heavy atom. The van der Waals surface area contributed by atoms with E-state index in [2.05, 4.69) is 46.8 Å². The van der Waals surface area contributed by atoms with Gasteiger partial charge in [-0.2, -0.15) is 0 Å². The van der Waals surface area contributed by atoms with E-state index < -0.39 is 47.6 Å². The largest absolute Gasteiger partial charge is 0.461 e. The minimum Gasteiger partial charge on any atom is -0.461 e. The van der Waals surface area contributed by atoms with Crippen molar-refractivity contribution in [1.29, 1.82) is 0 Å². The first kappa shape index (κ1) is 50.4. The zero-order valence-corrected chi connectivity index (χ0v) is 38.0. The van der Waals surface area contributed by atoms with Gasteiger partial charge in [-0.25, -0.2) is 4.79 Å². The molecular formula is C49H79NO9. The topological polar surface area (TPSA) is 140 Å². The van der Waals surface area contributed by atoms with Gasteiger partial charge in [0.2, 0.25) is 5.79 Å². The maximum atomic E-state index is 14.1. The van der Waals surface area contributed by atoms with Gasteiger partial charge >= 0.3 is 5.97 Å². The Morgan fingerprint density at radius 2 is 1.68 bits per heavy atom. The van der Waals surface area contributed by atoms with Crippen molar-refractivity contribution >= 4 is 23.4 Å². The highest BCUT2D eigenvalue weighted by molar-refractivity contribution is 6.39. The molecule has 0 spiro atoms. The number of ether oxygens (including phenoxy) is 3. The van der Waals surface area contributed by atoms with Crippen LogP contribution in [0.4, 0.5) is 0 Å². The van der Waals surface area contributed by atoms with Crippen LogP contribution in [-0.4, -0.2) is 89.0 Å². The van der Waals surface area contributed by atoms with Gasteiger partial charge in [-0.1, -0.05) is 96.4 Å². The van der Waals surface area contributed by atoms with Crippen LogP contribution in [0.5, 0.6) is 0 Å². The van der Waals surface area contributed by atoms with Gasteiger partial charge in [0.05, 0.1) is 18.8 Å². The van der Waals surface area contributed by atoms with E-state index >= 15 is 0 Å². The third-order valence-electron chi connectivity index (χ3n) is 13.3.